The summed E-state index contributed by atoms with van der Waals surface area (Å²) in [5.74, 6) is -0.703. The monoisotopic (exact) mass is 535 g/mol. The fourth-order valence-electron chi connectivity index (χ4n) is 4.14. The van der Waals surface area contributed by atoms with Crippen molar-refractivity contribution in [2.75, 3.05) is 17.4 Å². The van der Waals surface area contributed by atoms with Crippen molar-refractivity contribution in [2.24, 2.45) is 0 Å². The number of carbonyl (C=O) groups is 2. The molecular weight excluding hydrogens is 498 g/mol. The van der Waals surface area contributed by atoms with Gasteiger partial charge in [-0.2, -0.15) is 0 Å². The van der Waals surface area contributed by atoms with Crippen LogP contribution in [0.25, 0.3) is 0 Å². The third-order valence-electron chi connectivity index (χ3n) is 6.34. The quantitative estimate of drug-likeness (QED) is 0.360. The van der Waals surface area contributed by atoms with Crippen LogP contribution >= 0.6 is 0 Å². The highest BCUT2D eigenvalue weighted by Gasteiger charge is 2.33. The van der Waals surface area contributed by atoms with Gasteiger partial charge in [0.05, 0.1) is 10.6 Å². The number of aryl methyl sites for hydroxylation is 2. The van der Waals surface area contributed by atoms with Crippen molar-refractivity contribution in [3.8, 4) is 0 Å². The van der Waals surface area contributed by atoms with E-state index in [4.69, 9.17) is 0 Å². The molecule has 3 aromatic carbocycles. The summed E-state index contributed by atoms with van der Waals surface area (Å²) in [6, 6.07) is 22.1. The zero-order chi connectivity index (χ0) is 27.7. The van der Waals surface area contributed by atoms with Crippen molar-refractivity contribution in [3.05, 3.63) is 95.6 Å². The third-order valence-corrected chi connectivity index (χ3v) is 8.13. The van der Waals surface area contributed by atoms with Crippen molar-refractivity contribution >= 4 is 27.5 Å². The first-order chi connectivity index (χ1) is 18.2. The molecule has 38 heavy (non-hydrogen) atoms. The van der Waals surface area contributed by atoms with Crippen molar-refractivity contribution in [1.29, 1.82) is 0 Å². The topological polar surface area (TPSA) is 86.8 Å². The van der Waals surface area contributed by atoms with Gasteiger partial charge in [-0.25, -0.2) is 8.42 Å². The van der Waals surface area contributed by atoms with Crippen molar-refractivity contribution in [3.63, 3.8) is 0 Å². The molecule has 0 spiro atoms. The number of benzene rings is 3. The highest BCUT2D eigenvalue weighted by Crippen LogP contribution is 2.25. The highest BCUT2D eigenvalue weighted by atomic mass is 32.2. The van der Waals surface area contributed by atoms with Crippen molar-refractivity contribution in [2.45, 2.75) is 58.0 Å². The number of hydrogen-bond acceptors (Lipinski definition) is 4. The van der Waals surface area contributed by atoms with E-state index in [1.54, 1.807) is 54.6 Å². The van der Waals surface area contributed by atoms with E-state index >= 15 is 0 Å². The third kappa shape index (κ3) is 7.22. The van der Waals surface area contributed by atoms with Crippen LogP contribution in [0.3, 0.4) is 0 Å². The van der Waals surface area contributed by atoms with Gasteiger partial charge in [0.25, 0.3) is 10.0 Å². The zero-order valence-corrected chi connectivity index (χ0v) is 23.4. The zero-order valence-electron chi connectivity index (χ0n) is 22.6. The molecule has 0 aromatic heterocycles. The molecular formula is C30H37N3O4S. The van der Waals surface area contributed by atoms with Gasteiger partial charge in [-0.15, -0.1) is 0 Å². The first-order valence-electron chi connectivity index (χ1n) is 12.9. The smallest absolute Gasteiger partial charge is 0.264 e. The molecule has 0 aliphatic carbocycles. The van der Waals surface area contributed by atoms with E-state index in [2.05, 4.69) is 5.32 Å². The second kappa shape index (κ2) is 13.2. The minimum atomic E-state index is -4.06. The summed E-state index contributed by atoms with van der Waals surface area (Å²) in [5, 5.41) is 2.90. The molecule has 202 valence electrons. The Bertz CT molecular complexity index is 1310. The van der Waals surface area contributed by atoms with Crippen LogP contribution in [0.1, 0.15) is 43.4 Å². The van der Waals surface area contributed by atoms with Crippen LogP contribution in [0, 0.1) is 13.8 Å². The number of anilines is 1. The Hall–Kier alpha value is -3.65. The van der Waals surface area contributed by atoms with Gasteiger partial charge in [-0.3, -0.25) is 13.9 Å². The summed E-state index contributed by atoms with van der Waals surface area (Å²) < 4.78 is 28.7. The summed E-state index contributed by atoms with van der Waals surface area (Å²) in [6.07, 6.45) is 1.16. The van der Waals surface area contributed by atoms with E-state index in [9.17, 15) is 18.0 Å². The number of rotatable bonds is 12. The lowest BCUT2D eigenvalue weighted by Crippen LogP contribution is -2.52. The molecule has 2 amide bonds. The van der Waals surface area contributed by atoms with E-state index in [1.165, 1.54) is 4.90 Å². The number of nitrogens with one attached hydrogen (secondary N) is 1. The second-order valence-corrected chi connectivity index (χ2v) is 11.2. The first-order valence-corrected chi connectivity index (χ1v) is 14.4. The Labute approximate surface area is 226 Å². The molecule has 0 unspecified atom stereocenters. The highest BCUT2D eigenvalue weighted by molar-refractivity contribution is 7.92. The van der Waals surface area contributed by atoms with E-state index in [-0.39, 0.29) is 17.3 Å². The standard InChI is InChI=1S/C30H37N3O4S/c1-5-20-31-30(35)28(6-2)32(21-25-16-12-23(3)13-17-25)29(34)22-33(26-10-8-7-9-11-26)38(36,37)27-18-14-24(4)15-19-27/h7-19,28H,5-6,20-22H2,1-4H3,(H,31,35)/t28-/m1/s1. The van der Waals surface area contributed by atoms with Gasteiger partial charge >= 0.3 is 0 Å². The molecule has 1 N–H and O–H groups in total. The van der Waals surface area contributed by atoms with Crippen LogP contribution in [0.4, 0.5) is 5.69 Å². The molecule has 0 heterocycles. The van der Waals surface area contributed by atoms with Crippen molar-refractivity contribution in [1.82, 2.24) is 10.2 Å². The fourth-order valence-corrected chi connectivity index (χ4v) is 5.55. The van der Waals surface area contributed by atoms with Crippen LogP contribution in [-0.4, -0.2) is 44.3 Å². The number of sulfonamides is 1. The maximum absolute atomic E-state index is 13.9. The summed E-state index contributed by atoms with van der Waals surface area (Å²) in [6.45, 7) is 7.92. The molecule has 8 heteroatoms. The van der Waals surface area contributed by atoms with Crippen LogP contribution in [-0.2, 0) is 26.2 Å². The number of hydrogen-bond donors (Lipinski definition) is 1. The molecule has 0 aliphatic heterocycles. The average molecular weight is 536 g/mol. The Kier molecular flexibility index (Phi) is 10.1. The second-order valence-electron chi connectivity index (χ2n) is 9.38. The molecule has 3 rings (SSSR count). The van der Waals surface area contributed by atoms with Gasteiger partial charge in [0, 0.05) is 13.1 Å². The summed E-state index contributed by atoms with van der Waals surface area (Å²) in [5.41, 5.74) is 3.25. The minimum absolute atomic E-state index is 0.0950. The lowest BCUT2D eigenvalue weighted by atomic mass is 10.1. The normalized spacial score (nSPS) is 12.0. The lowest BCUT2D eigenvalue weighted by molar-refractivity contribution is -0.140. The van der Waals surface area contributed by atoms with Crippen LogP contribution in [0.5, 0.6) is 0 Å². The Balaban J connectivity index is 2.01. The minimum Gasteiger partial charge on any atom is -0.354 e. The number of amides is 2. The molecule has 0 saturated heterocycles. The Morgan fingerprint density at radius 2 is 1.42 bits per heavy atom. The summed E-state index contributed by atoms with van der Waals surface area (Å²) >= 11 is 0. The number of nitrogens with zero attached hydrogens (tertiary/aromatic N) is 2. The van der Waals surface area contributed by atoms with E-state index in [1.807, 2.05) is 52.0 Å². The molecule has 1 atom stereocenters. The lowest BCUT2D eigenvalue weighted by Gasteiger charge is -2.33. The summed E-state index contributed by atoms with van der Waals surface area (Å²) in [7, 11) is -4.06. The Morgan fingerprint density at radius 1 is 0.842 bits per heavy atom. The van der Waals surface area contributed by atoms with Crippen LogP contribution in [0.15, 0.2) is 83.8 Å². The fraction of sp³-hybridized carbons (Fsp3) is 0.333. The maximum Gasteiger partial charge on any atom is 0.264 e. The van der Waals surface area contributed by atoms with Crippen molar-refractivity contribution < 1.29 is 18.0 Å². The van der Waals surface area contributed by atoms with Gasteiger partial charge in [0.1, 0.15) is 12.6 Å². The molecule has 7 nitrogen and oxygen atoms in total. The van der Waals surface area contributed by atoms with Gasteiger partial charge in [-0.05, 0) is 56.5 Å². The first kappa shape index (κ1) is 28.9. The van der Waals surface area contributed by atoms with Crippen LogP contribution < -0.4 is 9.62 Å². The van der Waals surface area contributed by atoms with Gasteiger partial charge < -0.3 is 10.2 Å². The van der Waals surface area contributed by atoms with E-state index < -0.39 is 28.5 Å². The van der Waals surface area contributed by atoms with E-state index in [0.717, 1.165) is 27.4 Å². The molecule has 3 aromatic rings. The van der Waals surface area contributed by atoms with Gasteiger partial charge in [0.2, 0.25) is 11.8 Å². The molecule has 0 radical (unpaired) electrons. The molecule has 0 aliphatic rings. The van der Waals surface area contributed by atoms with Gasteiger partial charge in [0.15, 0.2) is 0 Å². The Morgan fingerprint density at radius 3 is 1.97 bits per heavy atom. The molecule has 0 saturated carbocycles. The SMILES string of the molecule is CCCNC(=O)[C@@H](CC)N(Cc1ccc(C)cc1)C(=O)CN(c1ccccc1)S(=O)(=O)c1ccc(C)cc1. The predicted molar refractivity (Wildman–Crippen MR) is 151 cm³/mol. The van der Waals surface area contributed by atoms with E-state index in [0.29, 0.717) is 18.7 Å². The maximum atomic E-state index is 13.9. The average Bonchev–Trinajstić information content (AvgIpc) is 2.92. The number of carbonyl (C=O) groups excluding carboxylic acids is 2. The predicted octanol–water partition coefficient (Wildman–Crippen LogP) is 4.83. The molecule has 0 bridgehead atoms. The van der Waals surface area contributed by atoms with Gasteiger partial charge in [-0.1, -0.05) is 79.6 Å². The van der Waals surface area contributed by atoms with Crippen LogP contribution in [0.2, 0.25) is 0 Å². The number of para-hydroxylation sites is 1. The summed E-state index contributed by atoms with van der Waals surface area (Å²) in [4.78, 5) is 28.6. The molecule has 0 fully saturated rings. The largest absolute Gasteiger partial charge is 0.354 e.